The Labute approximate surface area is 194 Å². The fraction of sp³-hybridized carbons (Fsp3) is 0.318. The summed E-state index contributed by atoms with van der Waals surface area (Å²) in [5.74, 6) is -0.992. The lowest BCUT2D eigenvalue weighted by Crippen LogP contribution is -2.40. The third kappa shape index (κ3) is 4.91. The van der Waals surface area contributed by atoms with Crippen molar-refractivity contribution in [3.63, 3.8) is 0 Å². The SMILES string of the molecule is COC(=O)Cn1c(=NC(=O)c2ccc(S(=O)(=O)N3CCOCC3)cc2)sc2cc(C)ccc21. The maximum absolute atomic E-state index is 12.9. The fourth-order valence-corrected chi connectivity index (χ4v) is 6.00. The third-order valence-corrected chi connectivity index (χ3v) is 8.21. The van der Waals surface area contributed by atoms with E-state index >= 15 is 0 Å². The van der Waals surface area contributed by atoms with Gasteiger partial charge in [-0.1, -0.05) is 17.4 Å². The van der Waals surface area contributed by atoms with Gasteiger partial charge in [0.05, 0.1) is 35.4 Å². The second-order valence-corrected chi connectivity index (χ2v) is 10.4. The minimum absolute atomic E-state index is 0.0809. The van der Waals surface area contributed by atoms with E-state index in [1.807, 2.05) is 25.1 Å². The van der Waals surface area contributed by atoms with Crippen LogP contribution in [0.5, 0.6) is 0 Å². The van der Waals surface area contributed by atoms with Gasteiger partial charge in [0.2, 0.25) is 10.0 Å². The molecule has 1 aliphatic rings. The summed E-state index contributed by atoms with van der Waals surface area (Å²) in [7, 11) is -2.35. The average molecular weight is 490 g/mol. The molecular formula is C22H23N3O6S2. The van der Waals surface area contributed by atoms with Crippen LogP contribution in [0.4, 0.5) is 0 Å². The molecule has 0 unspecified atom stereocenters. The number of hydrogen-bond donors (Lipinski definition) is 0. The Bertz CT molecular complexity index is 1370. The lowest BCUT2D eigenvalue weighted by molar-refractivity contribution is -0.141. The van der Waals surface area contributed by atoms with Crippen LogP contribution in [0.25, 0.3) is 10.2 Å². The first kappa shape index (κ1) is 23.3. The van der Waals surface area contributed by atoms with Crippen LogP contribution in [0.15, 0.2) is 52.4 Å². The van der Waals surface area contributed by atoms with Crippen LogP contribution in [0, 0.1) is 6.92 Å². The second-order valence-electron chi connectivity index (χ2n) is 7.48. The van der Waals surface area contributed by atoms with Gasteiger partial charge >= 0.3 is 5.97 Å². The van der Waals surface area contributed by atoms with Gasteiger partial charge in [-0.2, -0.15) is 9.30 Å². The highest BCUT2D eigenvalue weighted by Crippen LogP contribution is 2.20. The molecule has 0 atom stereocenters. The van der Waals surface area contributed by atoms with Crippen LogP contribution in [-0.2, 0) is 30.8 Å². The zero-order chi connectivity index (χ0) is 23.6. The number of sulfonamides is 1. The molecule has 2 heterocycles. The van der Waals surface area contributed by atoms with Crippen molar-refractivity contribution in [1.82, 2.24) is 8.87 Å². The molecule has 33 heavy (non-hydrogen) atoms. The summed E-state index contributed by atoms with van der Waals surface area (Å²) >= 11 is 1.29. The first-order valence-corrected chi connectivity index (χ1v) is 12.5. The third-order valence-electron chi connectivity index (χ3n) is 5.26. The minimum atomic E-state index is -3.65. The number of aromatic nitrogens is 1. The largest absolute Gasteiger partial charge is 0.468 e. The molecule has 2 aromatic carbocycles. The number of carbonyl (C=O) groups is 2. The number of methoxy groups -OCH3 is 1. The molecule has 1 saturated heterocycles. The van der Waals surface area contributed by atoms with Crippen LogP contribution in [0.1, 0.15) is 15.9 Å². The highest BCUT2D eigenvalue weighted by Gasteiger charge is 2.26. The number of benzene rings is 2. The van der Waals surface area contributed by atoms with E-state index in [0.29, 0.717) is 31.1 Å². The lowest BCUT2D eigenvalue weighted by atomic mass is 10.2. The van der Waals surface area contributed by atoms with E-state index in [-0.39, 0.29) is 17.0 Å². The molecule has 1 aliphatic heterocycles. The summed E-state index contributed by atoms with van der Waals surface area (Å²) in [6, 6.07) is 11.5. The maximum atomic E-state index is 12.9. The topological polar surface area (TPSA) is 107 Å². The molecular weight excluding hydrogens is 466 g/mol. The Balaban J connectivity index is 1.66. The van der Waals surface area contributed by atoms with Crippen LogP contribution in [-0.4, -0.2) is 62.6 Å². The first-order valence-electron chi connectivity index (χ1n) is 10.2. The van der Waals surface area contributed by atoms with Crippen LogP contribution >= 0.6 is 11.3 Å². The number of esters is 1. The molecule has 0 N–H and O–H groups in total. The van der Waals surface area contributed by atoms with Crippen molar-refractivity contribution in [3.8, 4) is 0 Å². The molecule has 1 fully saturated rings. The van der Waals surface area contributed by atoms with Gasteiger partial charge in [0.15, 0.2) is 4.80 Å². The molecule has 4 rings (SSSR count). The Morgan fingerprint density at radius 1 is 1.12 bits per heavy atom. The zero-order valence-electron chi connectivity index (χ0n) is 18.2. The highest BCUT2D eigenvalue weighted by atomic mass is 32.2. The molecule has 0 spiro atoms. The molecule has 1 aromatic heterocycles. The molecule has 0 aliphatic carbocycles. The number of ether oxygens (including phenoxy) is 2. The fourth-order valence-electron chi connectivity index (χ4n) is 3.47. The predicted octanol–water partition coefficient (Wildman–Crippen LogP) is 1.95. The number of aryl methyl sites for hydroxylation is 1. The van der Waals surface area contributed by atoms with Crippen molar-refractivity contribution in [2.24, 2.45) is 4.99 Å². The van der Waals surface area contributed by atoms with Crippen molar-refractivity contribution in [1.29, 1.82) is 0 Å². The summed E-state index contributed by atoms with van der Waals surface area (Å²) in [4.78, 5) is 29.5. The van der Waals surface area contributed by atoms with E-state index in [9.17, 15) is 18.0 Å². The monoisotopic (exact) mass is 489 g/mol. The molecule has 174 valence electrons. The summed E-state index contributed by atoms with van der Waals surface area (Å²) in [5.41, 5.74) is 2.06. The summed E-state index contributed by atoms with van der Waals surface area (Å²) in [6.07, 6.45) is 0. The van der Waals surface area contributed by atoms with Crippen molar-refractivity contribution < 1.29 is 27.5 Å². The van der Waals surface area contributed by atoms with Gasteiger partial charge in [0.25, 0.3) is 5.91 Å². The van der Waals surface area contributed by atoms with Crippen molar-refractivity contribution in [2.45, 2.75) is 18.4 Å². The lowest BCUT2D eigenvalue weighted by Gasteiger charge is -2.26. The normalized spacial score (nSPS) is 15.6. The Morgan fingerprint density at radius 2 is 1.82 bits per heavy atom. The van der Waals surface area contributed by atoms with E-state index in [1.54, 1.807) is 4.57 Å². The number of thiazole rings is 1. The number of fused-ring (bicyclic) bond motifs is 1. The first-order chi connectivity index (χ1) is 15.8. The minimum Gasteiger partial charge on any atom is -0.468 e. The zero-order valence-corrected chi connectivity index (χ0v) is 19.8. The van der Waals surface area contributed by atoms with Gasteiger partial charge in [0.1, 0.15) is 6.54 Å². The van der Waals surface area contributed by atoms with E-state index < -0.39 is 21.9 Å². The van der Waals surface area contributed by atoms with Gasteiger partial charge in [-0.3, -0.25) is 9.59 Å². The molecule has 3 aromatic rings. The Kier molecular flexibility index (Phi) is 6.75. The van der Waals surface area contributed by atoms with E-state index in [4.69, 9.17) is 9.47 Å². The maximum Gasteiger partial charge on any atom is 0.325 e. The van der Waals surface area contributed by atoms with Crippen molar-refractivity contribution >= 4 is 43.5 Å². The molecule has 1 amide bonds. The van der Waals surface area contributed by atoms with Gasteiger partial charge in [0, 0.05) is 18.7 Å². The Hall–Kier alpha value is -2.86. The van der Waals surface area contributed by atoms with Gasteiger partial charge in [-0.05, 0) is 48.9 Å². The van der Waals surface area contributed by atoms with E-state index in [0.717, 1.165) is 15.8 Å². The van der Waals surface area contributed by atoms with Gasteiger partial charge in [-0.15, -0.1) is 0 Å². The number of amides is 1. The molecule has 11 heteroatoms. The second kappa shape index (κ2) is 9.56. The van der Waals surface area contributed by atoms with E-state index in [1.165, 1.54) is 47.0 Å². The number of morpholine rings is 1. The van der Waals surface area contributed by atoms with Gasteiger partial charge in [-0.25, -0.2) is 8.42 Å². The quantitative estimate of drug-likeness (QED) is 0.507. The smallest absolute Gasteiger partial charge is 0.325 e. The van der Waals surface area contributed by atoms with Crippen LogP contribution < -0.4 is 4.80 Å². The molecule has 0 saturated carbocycles. The number of hydrogen-bond acceptors (Lipinski definition) is 7. The van der Waals surface area contributed by atoms with Crippen LogP contribution in [0.3, 0.4) is 0 Å². The molecule has 0 bridgehead atoms. The standard InChI is InChI=1S/C22H23N3O6S2/c1-15-3-8-18-19(13-15)32-22(25(18)14-20(26)30-2)23-21(27)16-4-6-17(7-5-16)33(28,29)24-9-11-31-12-10-24/h3-8,13H,9-12,14H2,1-2H3. The number of carbonyl (C=O) groups excluding carboxylic acids is 2. The van der Waals surface area contributed by atoms with Gasteiger partial charge < -0.3 is 14.0 Å². The number of rotatable bonds is 5. The highest BCUT2D eigenvalue weighted by molar-refractivity contribution is 7.89. The predicted molar refractivity (Wildman–Crippen MR) is 122 cm³/mol. The summed E-state index contributed by atoms with van der Waals surface area (Å²) < 4.78 is 39.5. The Morgan fingerprint density at radius 3 is 2.48 bits per heavy atom. The average Bonchev–Trinajstić information content (AvgIpc) is 3.15. The van der Waals surface area contributed by atoms with Crippen molar-refractivity contribution in [2.75, 3.05) is 33.4 Å². The molecule has 0 radical (unpaired) electrons. The summed E-state index contributed by atoms with van der Waals surface area (Å²) in [5, 5.41) is 0. The number of nitrogens with zero attached hydrogens (tertiary/aromatic N) is 3. The van der Waals surface area contributed by atoms with Crippen molar-refractivity contribution in [3.05, 3.63) is 58.4 Å². The summed E-state index contributed by atoms with van der Waals surface area (Å²) in [6.45, 7) is 3.18. The molecule has 9 nitrogen and oxygen atoms in total. The van der Waals surface area contributed by atoms with Crippen LogP contribution in [0.2, 0.25) is 0 Å². The van der Waals surface area contributed by atoms with E-state index in [2.05, 4.69) is 4.99 Å².